The van der Waals surface area contributed by atoms with Gasteiger partial charge in [0.25, 0.3) is 0 Å². The van der Waals surface area contributed by atoms with Gasteiger partial charge in [0, 0.05) is 13.1 Å². The highest BCUT2D eigenvalue weighted by Gasteiger charge is 2.32. The predicted molar refractivity (Wildman–Crippen MR) is 81.3 cm³/mol. The molecule has 1 fully saturated rings. The summed E-state index contributed by atoms with van der Waals surface area (Å²) in [5, 5.41) is 0. The van der Waals surface area contributed by atoms with Crippen molar-refractivity contribution in [1.82, 2.24) is 4.90 Å². The van der Waals surface area contributed by atoms with E-state index >= 15 is 0 Å². The molecule has 1 aliphatic heterocycles. The van der Waals surface area contributed by atoms with Gasteiger partial charge >= 0.3 is 6.61 Å². The lowest BCUT2D eigenvalue weighted by Crippen LogP contribution is -2.31. The smallest absolute Gasteiger partial charge is 0.387 e. The highest BCUT2D eigenvalue weighted by Crippen LogP contribution is 2.33. The Balaban J connectivity index is 2.07. The van der Waals surface area contributed by atoms with E-state index in [1.165, 1.54) is 0 Å². The third kappa shape index (κ3) is 4.30. The molecule has 2 rings (SSSR count). The van der Waals surface area contributed by atoms with Gasteiger partial charge in [-0.15, -0.1) is 0 Å². The van der Waals surface area contributed by atoms with E-state index in [1.807, 2.05) is 6.92 Å². The lowest BCUT2D eigenvalue weighted by molar-refractivity contribution is -0.0514. The molecule has 22 heavy (non-hydrogen) atoms. The highest BCUT2D eigenvalue weighted by molar-refractivity contribution is 5.43. The van der Waals surface area contributed by atoms with Gasteiger partial charge in [0.1, 0.15) is 0 Å². The number of alkyl halides is 2. The SMILES string of the molecule is CCOc1cc(CN2CCC(C)(CN)C2)ccc1OC(F)F. The summed E-state index contributed by atoms with van der Waals surface area (Å²) in [5.74, 6) is 0.440. The number of nitrogens with two attached hydrogens (primary N) is 1. The summed E-state index contributed by atoms with van der Waals surface area (Å²) in [6, 6.07) is 5.13. The van der Waals surface area contributed by atoms with Gasteiger partial charge in [-0.3, -0.25) is 4.90 Å². The Morgan fingerprint density at radius 3 is 2.73 bits per heavy atom. The van der Waals surface area contributed by atoms with Gasteiger partial charge in [-0.05, 0) is 49.5 Å². The van der Waals surface area contributed by atoms with E-state index in [0.29, 0.717) is 18.9 Å². The van der Waals surface area contributed by atoms with Crippen LogP contribution in [0.2, 0.25) is 0 Å². The van der Waals surface area contributed by atoms with Crippen LogP contribution in [0.4, 0.5) is 8.78 Å². The minimum atomic E-state index is -2.85. The van der Waals surface area contributed by atoms with Crippen molar-refractivity contribution in [3.8, 4) is 11.5 Å². The van der Waals surface area contributed by atoms with Gasteiger partial charge < -0.3 is 15.2 Å². The Hall–Kier alpha value is -1.40. The third-order valence-corrected chi connectivity index (χ3v) is 4.06. The fraction of sp³-hybridized carbons (Fsp3) is 0.625. The second-order valence-electron chi connectivity index (χ2n) is 6.07. The van der Waals surface area contributed by atoms with Crippen LogP contribution in [0.5, 0.6) is 11.5 Å². The molecule has 2 N–H and O–H groups in total. The van der Waals surface area contributed by atoms with Crippen molar-refractivity contribution in [3.63, 3.8) is 0 Å². The number of hydrogen-bond donors (Lipinski definition) is 1. The summed E-state index contributed by atoms with van der Waals surface area (Å²) in [6.07, 6.45) is 1.08. The van der Waals surface area contributed by atoms with E-state index < -0.39 is 6.61 Å². The summed E-state index contributed by atoms with van der Waals surface area (Å²) in [4.78, 5) is 2.32. The Bertz CT molecular complexity index is 499. The van der Waals surface area contributed by atoms with Gasteiger partial charge in [-0.1, -0.05) is 13.0 Å². The summed E-state index contributed by atoms with van der Waals surface area (Å²) in [6.45, 7) is 4.92. The van der Waals surface area contributed by atoms with Crippen molar-refractivity contribution in [2.24, 2.45) is 11.1 Å². The largest absolute Gasteiger partial charge is 0.490 e. The van der Waals surface area contributed by atoms with E-state index in [0.717, 1.165) is 31.6 Å². The van der Waals surface area contributed by atoms with Crippen molar-refractivity contribution in [1.29, 1.82) is 0 Å². The lowest BCUT2D eigenvalue weighted by atomic mass is 9.90. The zero-order valence-electron chi connectivity index (χ0n) is 13.1. The lowest BCUT2D eigenvalue weighted by Gasteiger charge is -2.23. The maximum absolute atomic E-state index is 12.4. The average Bonchev–Trinajstić information content (AvgIpc) is 2.84. The third-order valence-electron chi connectivity index (χ3n) is 4.06. The molecule has 6 heteroatoms. The van der Waals surface area contributed by atoms with E-state index in [4.69, 9.17) is 10.5 Å². The van der Waals surface area contributed by atoms with Crippen LogP contribution >= 0.6 is 0 Å². The fourth-order valence-electron chi connectivity index (χ4n) is 2.80. The molecule has 0 spiro atoms. The highest BCUT2D eigenvalue weighted by atomic mass is 19.3. The van der Waals surface area contributed by atoms with Crippen molar-refractivity contribution in [2.45, 2.75) is 33.4 Å². The number of ether oxygens (including phenoxy) is 2. The van der Waals surface area contributed by atoms with Gasteiger partial charge in [-0.25, -0.2) is 0 Å². The van der Waals surface area contributed by atoms with E-state index in [2.05, 4.69) is 16.6 Å². The van der Waals surface area contributed by atoms with Crippen molar-refractivity contribution >= 4 is 0 Å². The molecule has 4 nitrogen and oxygen atoms in total. The Kier molecular flexibility index (Phi) is 5.58. The molecule has 1 atom stereocenters. The molecule has 0 amide bonds. The number of nitrogens with zero attached hydrogens (tertiary/aromatic N) is 1. The summed E-state index contributed by atoms with van der Waals surface area (Å²) in [5.41, 5.74) is 7.01. The summed E-state index contributed by atoms with van der Waals surface area (Å²) in [7, 11) is 0. The predicted octanol–water partition coefficient (Wildman–Crippen LogP) is 2.86. The molecule has 1 aliphatic rings. The monoisotopic (exact) mass is 314 g/mol. The molecular weight excluding hydrogens is 290 g/mol. The summed E-state index contributed by atoms with van der Waals surface area (Å²) < 4.78 is 34.7. The molecule has 0 aliphatic carbocycles. The van der Waals surface area contributed by atoms with Crippen LogP contribution in [0.3, 0.4) is 0 Å². The molecule has 1 aromatic carbocycles. The van der Waals surface area contributed by atoms with Crippen LogP contribution in [0.1, 0.15) is 25.8 Å². The molecule has 0 saturated carbocycles. The zero-order valence-corrected chi connectivity index (χ0v) is 13.1. The van der Waals surface area contributed by atoms with Crippen molar-refractivity contribution < 1.29 is 18.3 Å². The van der Waals surface area contributed by atoms with Gasteiger partial charge in [0.15, 0.2) is 11.5 Å². The van der Waals surface area contributed by atoms with Crippen LogP contribution in [-0.4, -0.2) is 37.8 Å². The number of likely N-dealkylation sites (tertiary alicyclic amines) is 1. The van der Waals surface area contributed by atoms with Crippen LogP contribution < -0.4 is 15.2 Å². The number of hydrogen-bond acceptors (Lipinski definition) is 4. The van der Waals surface area contributed by atoms with Crippen LogP contribution in [-0.2, 0) is 6.54 Å². The van der Waals surface area contributed by atoms with Crippen molar-refractivity contribution in [2.75, 3.05) is 26.2 Å². The standard InChI is InChI=1S/C16H24F2N2O2/c1-3-21-14-8-12(4-5-13(14)22-15(17)18)9-20-7-6-16(2,10-19)11-20/h4-5,8,15H,3,6-7,9-11,19H2,1-2H3. The fourth-order valence-corrected chi connectivity index (χ4v) is 2.80. The van der Waals surface area contributed by atoms with Crippen LogP contribution in [0.25, 0.3) is 0 Å². The first-order valence-electron chi connectivity index (χ1n) is 7.59. The molecule has 1 saturated heterocycles. The van der Waals surface area contributed by atoms with Gasteiger partial charge in [-0.2, -0.15) is 8.78 Å². The van der Waals surface area contributed by atoms with Gasteiger partial charge in [0.2, 0.25) is 0 Å². The average molecular weight is 314 g/mol. The molecule has 0 aromatic heterocycles. The zero-order chi connectivity index (χ0) is 16.2. The van der Waals surface area contributed by atoms with E-state index in [9.17, 15) is 8.78 Å². The Morgan fingerprint density at radius 1 is 1.36 bits per heavy atom. The molecule has 1 unspecified atom stereocenters. The number of halogens is 2. The molecule has 0 radical (unpaired) electrons. The Morgan fingerprint density at radius 2 is 2.14 bits per heavy atom. The minimum absolute atomic E-state index is 0.0776. The molecule has 124 valence electrons. The summed E-state index contributed by atoms with van der Waals surface area (Å²) >= 11 is 0. The maximum atomic E-state index is 12.4. The molecule has 1 heterocycles. The van der Waals surface area contributed by atoms with E-state index in [-0.39, 0.29) is 11.2 Å². The van der Waals surface area contributed by atoms with Crippen LogP contribution in [0, 0.1) is 5.41 Å². The first-order chi connectivity index (χ1) is 10.5. The number of rotatable bonds is 7. The van der Waals surface area contributed by atoms with E-state index in [1.54, 1.807) is 18.2 Å². The number of benzene rings is 1. The minimum Gasteiger partial charge on any atom is -0.490 e. The first kappa shape index (κ1) is 17.0. The molecule has 0 bridgehead atoms. The van der Waals surface area contributed by atoms with Gasteiger partial charge in [0.05, 0.1) is 6.61 Å². The van der Waals surface area contributed by atoms with Crippen LogP contribution in [0.15, 0.2) is 18.2 Å². The maximum Gasteiger partial charge on any atom is 0.387 e. The quantitative estimate of drug-likeness (QED) is 0.841. The second kappa shape index (κ2) is 7.24. The normalized spacial score (nSPS) is 22.3. The van der Waals surface area contributed by atoms with Crippen molar-refractivity contribution in [3.05, 3.63) is 23.8 Å². The Labute approximate surface area is 130 Å². The molecule has 1 aromatic rings. The molecular formula is C16H24F2N2O2. The second-order valence-corrected chi connectivity index (χ2v) is 6.07. The topological polar surface area (TPSA) is 47.7 Å². The first-order valence-corrected chi connectivity index (χ1v) is 7.59.